The molecule has 0 spiro atoms. The van der Waals surface area contributed by atoms with Gasteiger partial charge in [0.2, 0.25) is 0 Å². The van der Waals surface area contributed by atoms with Gasteiger partial charge in [-0.05, 0) is 13.3 Å². The van der Waals surface area contributed by atoms with E-state index in [1.165, 1.54) is 12.8 Å². The van der Waals surface area contributed by atoms with Crippen molar-refractivity contribution in [2.24, 2.45) is 0 Å². The van der Waals surface area contributed by atoms with Gasteiger partial charge in [0.15, 0.2) is 12.6 Å². The normalized spacial score (nSPS) is 33.0. The fourth-order valence-corrected chi connectivity index (χ4v) is 1.67. The molecule has 2 nitrogen and oxygen atoms in total. The third-order valence-corrected chi connectivity index (χ3v) is 2.67. The number of ether oxygens (including phenoxy) is 2. The van der Waals surface area contributed by atoms with Gasteiger partial charge < -0.3 is 9.47 Å². The molecule has 1 rings (SSSR count). The summed E-state index contributed by atoms with van der Waals surface area (Å²) in [6, 6.07) is 0. The summed E-state index contributed by atoms with van der Waals surface area (Å²) in [7, 11) is 0. The van der Waals surface area contributed by atoms with Crippen LogP contribution in [0, 0.1) is 0 Å². The molecule has 1 atom stereocenters. The minimum atomic E-state index is -0.00319. The van der Waals surface area contributed by atoms with Crippen molar-refractivity contribution in [3.63, 3.8) is 0 Å². The van der Waals surface area contributed by atoms with E-state index in [9.17, 15) is 0 Å². The highest BCUT2D eigenvalue weighted by molar-refractivity contribution is 9.09. The average Bonchev–Trinajstić information content (AvgIpc) is 1.94. The van der Waals surface area contributed by atoms with Crippen LogP contribution in [-0.4, -0.2) is 17.4 Å². The summed E-state index contributed by atoms with van der Waals surface area (Å²) in [6.07, 6.45) is 3.59. The van der Waals surface area contributed by atoms with Gasteiger partial charge in [-0.1, -0.05) is 35.7 Å². The topological polar surface area (TPSA) is 18.5 Å². The molecule has 66 valence electrons. The molecule has 0 amide bonds. The summed E-state index contributed by atoms with van der Waals surface area (Å²) in [5.41, 5.74) is 0. The predicted molar refractivity (Wildman–Crippen MR) is 47.7 cm³/mol. The molecule has 3 heteroatoms. The third kappa shape index (κ3) is 2.73. The molecule has 0 aromatic carbocycles. The Hall–Kier alpha value is 0.400. The maximum Gasteiger partial charge on any atom is 0.176 e. The number of hydrogen-bond acceptors (Lipinski definition) is 2. The summed E-state index contributed by atoms with van der Waals surface area (Å²) < 4.78 is 10.7. The van der Waals surface area contributed by atoms with Gasteiger partial charge in [-0.15, -0.1) is 0 Å². The van der Waals surface area contributed by atoms with Crippen molar-refractivity contribution in [2.75, 3.05) is 0 Å². The van der Waals surface area contributed by atoms with E-state index in [1.807, 2.05) is 6.92 Å². The van der Waals surface area contributed by atoms with Crippen molar-refractivity contribution >= 4 is 15.9 Å². The molecule has 0 radical (unpaired) electrons. The first-order valence-corrected chi connectivity index (χ1v) is 5.10. The van der Waals surface area contributed by atoms with Crippen LogP contribution in [-0.2, 0) is 9.47 Å². The lowest BCUT2D eigenvalue weighted by molar-refractivity contribution is -0.374. The van der Waals surface area contributed by atoms with Gasteiger partial charge in [0, 0.05) is 0 Å². The van der Waals surface area contributed by atoms with E-state index >= 15 is 0 Å². The molecule has 0 bridgehead atoms. The summed E-state index contributed by atoms with van der Waals surface area (Å²) in [4.78, 5) is 0.374. The zero-order valence-electron chi connectivity index (χ0n) is 7.05. The molecule has 0 aliphatic carbocycles. The molecule has 0 N–H and O–H groups in total. The Morgan fingerprint density at radius 3 is 2.55 bits per heavy atom. The molecule has 1 saturated heterocycles. The molecule has 1 aliphatic rings. The monoisotopic (exact) mass is 222 g/mol. The van der Waals surface area contributed by atoms with Crippen LogP contribution < -0.4 is 0 Å². The van der Waals surface area contributed by atoms with Crippen LogP contribution in [0.2, 0.25) is 0 Å². The van der Waals surface area contributed by atoms with Crippen molar-refractivity contribution in [3.8, 4) is 0 Å². The third-order valence-electron chi connectivity index (χ3n) is 1.78. The van der Waals surface area contributed by atoms with Crippen LogP contribution >= 0.6 is 15.9 Å². The Morgan fingerprint density at radius 2 is 2.09 bits per heavy atom. The first-order valence-electron chi connectivity index (χ1n) is 4.19. The zero-order valence-corrected chi connectivity index (χ0v) is 8.63. The summed E-state index contributed by atoms with van der Waals surface area (Å²) in [6.45, 7) is 4.10. The smallest absolute Gasteiger partial charge is 0.176 e. The lowest BCUT2D eigenvalue weighted by Crippen LogP contribution is -2.44. The Morgan fingerprint density at radius 1 is 1.45 bits per heavy atom. The van der Waals surface area contributed by atoms with E-state index in [2.05, 4.69) is 22.9 Å². The molecule has 0 aromatic heterocycles. The highest BCUT2D eigenvalue weighted by Gasteiger charge is 2.32. The van der Waals surface area contributed by atoms with Gasteiger partial charge in [-0.3, -0.25) is 0 Å². The van der Waals surface area contributed by atoms with Gasteiger partial charge in [-0.25, -0.2) is 0 Å². The minimum absolute atomic E-state index is 0.00155. The van der Waals surface area contributed by atoms with Crippen molar-refractivity contribution in [1.29, 1.82) is 0 Å². The summed E-state index contributed by atoms with van der Waals surface area (Å²) in [5.74, 6) is 0. The number of hydrogen-bond donors (Lipinski definition) is 0. The van der Waals surface area contributed by atoms with Crippen molar-refractivity contribution < 1.29 is 9.47 Å². The number of halogens is 1. The molecule has 1 aliphatic heterocycles. The Kier molecular flexibility index (Phi) is 3.82. The largest absolute Gasteiger partial charge is 0.323 e. The van der Waals surface area contributed by atoms with E-state index in [-0.39, 0.29) is 12.6 Å². The maximum absolute atomic E-state index is 5.33. The van der Waals surface area contributed by atoms with Crippen LogP contribution in [0.15, 0.2) is 0 Å². The number of unbranched alkanes of at least 4 members (excludes halogenated alkanes) is 1. The Balaban J connectivity index is 2.06. The second kappa shape index (κ2) is 4.43. The van der Waals surface area contributed by atoms with Crippen molar-refractivity contribution in [1.82, 2.24) is 0 Å². The average molecular weight is 223 g/mol. The second-order valence-electron chi connectivity index (χ2n) is 2.87. The van der Waals surface area contributed by atoms with Crippen LogP contribution in [0.25, 0.3) is 0 Å². The Labute approximate surface area is 76.4 Å². The molecule has 0 aromatic rings. The van der Waals surface area contributed by atoms with Crippen LogP contribution in [0.4, 0.5) is 0 Å². The minimum Gasteiger partial charge on any atom is -0.323 e. The maximum atomic E-state index is 5.33. The summed E-state index contributed by atoms with van der Waals surface area (Å²) >= 11 is 3.53. The lowest BCUT2D eigenvalue weighted by atomic mass is 10.2. The summed E-state index contributed by atoms with van der Waals surface area (Å²) in [5, 5.41) is 0. The van der Waals surface area contributed by atoms with E-state index < -0.39 is 0 Å². The van der Waals surface area contributed by atoms with E-state index in [1.54, 1.807) is 0 Å². The fourth-order valence-electron chi connectivity index (χ4n) is 1.09. The quantitative estimate of drug-likeness (QED) is 0.682. The van der Waals surface area contributed by atoms with Gasteiger partial charge in [0.05, 0.1) is 4.83 Å². The SMILES string of the molecule is CCCCC(Br)C1OC(C)O1. The zero-order chi connectivity index (χ0) is 8.27. The van der Waals surface area contributed by atoms with Crippen molar-refractivity contribution in [2.45, 2.75) is 50.5 Å². The van der Waals surface area contributed by atoms with Gasteiger partial charge in [0.1, 0.15) is 0 Å². The molecule has 1 heterocycles. The number of alkyl halides is 1. The van der Waals surface area contributed by atoms with Gasteiger partial charge in [-0.2, -0.15) is 0 Å². The van der Waals surface area contributed by atoms with E-state index in [0.717, 1.165) is 6.42 Å². The van der Waals surface area contributed by atoms with Crippen LogP contribution in [0.5, 0.6) is 0 Å². The molecule has 11 heavy (non-hydrogen) atoms. The van der Waals surface area contributed by atoms with Crippen molar-refractivity contribution in [3.05, 3.63) is 0 Å². The van der Waals surface area contributed by atoms with Crippen LogP contribution in [0.1, 0.15) is 33.1 Å². The number of rotatable bonds is 4. The molecular formula is C8H15BrO2. The van der Waals surface area contributed by atoms with E-state index in [4.69, 9.17) is 9.47 Å². The standard InChI is InChI=1S/C8H15BrO2/c1-3-4-5-7(9)8-10-6(2)11-8/h6-8H,3-5H2,1-2H3. The van der Waals surface area contributed by atoms with Crippen LogP contribution in [0.3, 0.4) is 0 Å². The Bertz CT molecular complexity index is 113. The molecular weight excluding hydrogens is 208 g/mol. The second-order valence-corrected chi connectivity index (χ2v) is 4.04. The highest BCUT2D eigenvalue weighted by atomic mass is 79.9. The van der Waals surface area contributed by atoms with Gasteiger partial charge >= 0.3 is 0 Å². The molecule has 1 unspecified atom stereocenters. The lowest BCUT2D eigenvalue weighted by Gasteiger charge is -2.36. The highest BCUT2D eigenvalue weighted by Crippen LogP contribution is 2.26. The first kappa shape index (κ1) is 9.49. The first-order chi connectivity index (χ1) is 5.24. The van der Waals surface area contributed by atoms with E-state index in [0.29, 0.717) is 4.83 Å². The van der Waals surface area contributed by atoms with Gasteiger partial charge in [0.25, 0.3) is 0 Å². The molecule has 0 saturated carbocycles. The predicted octanol–water partition coefficient (Wildman–Crippen LogP) is 2.66. The fraction of sp³-hybridized carbons (Fsp3) is 1.00. The molecule has 1 fully saturated rings.